The van der Waals surface area contributed by atoms with Crippen molar-refractivity contribution in [2.75, 3.05) is 36.0 Å². The molecule has 2 aromatic rings. The molecule has 4 rings (SSSR count). The number of carbonyl (C=O) groups excluding carboxylic acids is 1. The van der Waals surface area contributed by atoms with Gasteiger partial charge in [-0.1, -0.05) is 6.07 Å². The lowest BCUT2D eigenvalue weighted by molar-refractivity contribution is -0.125. The van der Waals surface area contributed by atoms with Crippen LogP contribution in [0.1, 0.15) is 31.2 Å². The van der Waals surface area contributed by atoms with Crippen LogP contribution in [0.2, 0.25) is 0 Å². The maximum atomic E-state index is 13.7. The second-order valence-electron chi connectivity index (χ2n) is 7.65. The summed E-state index contributed by atoms with van der Waals surface area (Å²) in [5.74, 6) is -0.679. The predicted molar refractivity (Wildman–Crippen MR) is 107 cm³/mol. The number of nitrogens with zero attached hydrogens (tertiary/aromatic N) is 4. The summed E-state index contributed by atoms with van der Waals surface area (Å²) in [4.78, 5) is 25.8. The fourth-order valence-corrected chi connectivity index (χ4v) is 3.95. The summed E-state index contributed by atoms with van der Waals surface area (Å²) in [6, 6.07) is 3.39. The first kappa shape index (κ1) is 19.5. The summed E-state index contributed by atoms with van der Waals surface area (Å²) in [5, 5.41) is 2.77. The van der Waals surface area contributed by atoms with Gasteiger partial charge in [0.2, 0.25) is 11.9 Å². The Morgan fingerprint density at radius 1 is 1.03 bits per heavy atom. The lowest BCUT2D eigenvalue weighted by Crippen LogP contribution is -2.40. The van der Waals surface area contributed by atoms with Crippen LogP contribution in [0.3, 0.4) is 0 Å². The Morgan fingerprint density at radius 3 is 2.38 bits per heavy atom. The zero-order chi connectivity index (χ0) is 20.2. The van der Waals surface area contributed by atoms with Gasteiger partial charge in [-0.25, -0.2) is 18.7 Å². The van der Waals surface area contributed by atoms with Crippen molar-refractivity contribution in [3.8, 4) is 0 Å². The number of hydrogen-bond acceptors (Lipinski definition) is 5. The van der Waals surface area contributed by atoms with E-state index in [-0.39, 0.29) is 23.9 Å². The van der Waals surface area contributed by atoms with Gasteiger partial charge in [0.15, 0.2) is 0 Å². The van der Waals surface area contributed by atoms with Crippen molar-refractivity contribution in [3.63, 3.8) is 0 Å². The van der Waals surface area contributed by atoms with Gasteiger partial charge in [0.25, 0.3) is 0 Å². The van der Waals surface area contributed by atoms with E-state index in [9.17, 15) is 13.6 Å². The summed E-state index contributed by atoms with van der Waals surface area (Å²) in [6.45, 7) is 3.59. The third-order valence-corrected chi connectivity index (χ3v) is 5.71. The molecule has 2 saturated heterocycles. The molecule has 2 aliphatic heterocycles. The first-order chi connectivity index (χ1) is 14.1. The molecule has 8 heteroatoms. The average molecular weight is 401 g/mol. The van der Waals surface area contributed by atoms with E-state index in [0.29, 0.717) is 12.8 Å². The van der Waals surface area contributed by atoms with Crippen LogP contribution in [0.5, 0.6) is 0 Å². The molecule has 1 amide bonds. The number of nitrogens with one attached hydrogen (secondary N) is 1. The molecule has 1 aromatic heterocycles. The summed E-state index contributed by atoms with van der Waals surface area (Å²) < 4.78 is 26.7. The van der Waals surface area contributed by atoms with Crippen molar-refractivity contribution in [2.45, 2.75) is 32.2 Å². The lowest BCUT2D eigenvalue weighted by Gasteiger charge is -2.32. The van der Waals surface area contributed by atoms with Gasteiger partial charge in [-0.05, 0) is 31.7 Å². The van der Waals surface area contributed by atoms with Crippen molar-refractivity contribution < 1.29 is 13.6 Å². The van der Waals surface area contributed by atoms with Crippen LogP contribution in [0, 0.1) is 17.6 Å². The maximum Gasteiger partial charge on any atom is 0.225 e. The van der Waals surface area contributed by atoms with Crippen LogP contribution in [0.4, 0.5) is 20.4 Å². The normalized spacial score (nSPS) is 17.6. The molecule has 154 valence electrons. The highest BCUT2D eigenvalue weighted by Crippen LogP contribution is 2.24. The van der Waals surface area contributed by atoms with Gasteiger partial charge in [-0.15, -0.1) is 0 Å². The molecule has 29 heavy (non-hydrogen) atoms. The molecular weight excluding hydrogens is 376 g/mol. The fraction of sp³-hybridized carbons (Fsp3) is 0.476. The number of hydrogen-bond donors (Lipinski definition) is 1. The van der Waals surface area contributed by atoms with Gasteiger partial charge < -0.3 is 15.1 Å². The third kappa shape index (κ3) is 4.63. The fourth-order valence-electron chi connectivity index (χ4n) is 3.95. The Morgan fingerprint density at radius 2 is 1.72 bits per heavy atom. The number of carbonyl (C=O) groups is 1. The standard InChI is InChI=1S/C21H25F2N5O/c22-17-4-3-16(19(23)11-17)12-24-20(29)15-5-9-27(10-6-15)18-13-25-21(26-14-18)28-7-1-2-8-28/h3-4,11,13-15H,1-2,5-10,12H2,(H,24,29). The zero-order valence-electron chi connectivity index (χ0n) is 16.3. The van der Waals surface area contributed by atoms with Crippen LogP contribution >= 0.6 is 0 Å². The van der Waals surface area contributed by atoms with E-state index in [1.165, 1.54) is 25.0 Å². The molecule has 2 aliphatic rings. The Labute approximate surface area is 168 Å². The Balaban J connectivity index is 1.26. The lowest BCUT2D eigenvalue weighted by atomic mass is 9.95. The molecule has 0 spiro atoms. The van der Waals surface area contributed by atoms with Gasteiger partial charge in [0, 0.05) is 50.3 Å². The van der Waals surface area contributed by atoms with E-state index < -0.39 is 11.6 Å². The first-order valence-electron chi connectivity index (χ1n) is 10.1. The minimum absolute atomic E-state index is 0.0664. The van der Waals surface area contributed by atoms with Crippen LogP contribution in [0.25, 0.3) is 0 Å². The first-order valence-corrected chi connectivity index (χ1v) is 10.1. The number of anilines is 2. The van der Waals surface area contributed by atoms with Crippen molar-refractivity contribution in [2.24, 2.45) is 5.92 Å². The van der Waals surface area contributed by atoms with Gasteiger partial charge in [-0.3, -0.25) is 4.79 Å². The monoisotopic (exact) mass is 401 g/mol. The highest BCUT2D eigenvalue weighted by Gasteiger charge is 2.25. The van der Waals surface area contributed by atoms with Crippen molar-refractivity contribution >= 4 is 17.5 Å². The number of aromatic nitrogens is 2. The maximum absolute atomic E-state index is 13.7. The SMILES string of the molecule is O=C(NCc1ccc(F)cc1F)C1CCN(c2cnc(N3CCCC3)nc2)CC1. The minimum Gasteiger partial charge on any atom is -0.369 e. The molecule has 1 N–H and O–H groups in total. The summed E-state index contributed by atoms with van der Waals surface area (Å²) in [7, 11) is 0. The average Bonchev–Trinajstić information content (AvgIpc) is 3.28. The number of rotatable bonds is 5. The van der Waals surface area contributed by atoms with Crippen molar-refractivity contribution in [1.82, 2.24) is 15.3 Å². The third-order valence-electron chi connectivity index (χ3n) is 5.71. The minimum atomic E-state index is -0.641. The smallest absolute Gasteiger partial charge is 0.225 e. The topological polar surface area (TPSA) is 61.4 Å². The summed E-state index contributed by atoms with van der Waals surface area (Å²) in [6.07, 6.45) is 7.52. The van der Waals surface area contributed by atoms with E-state index in [2.05, 4.69) is 25.1 Å². The molecule has 3 heterocycles. The van der Waals surface area contributed by atoms with Crippen molar-refractivity contribution in [1.29, 1.82) is 0 Å². The van der Waals surface area contributed by atoms with Crippen LogP contribution in [0.15, 0.2) is 30.6 Å². The number of benzene rings is 1. The molecule has 0 unspecified atom stereocenters. The molecule has 1 aromatic carbocycles. The van der Waals surface area contributed by atoms with Crippen LogP contribution in [-0.4, -0.2) is 42.1 Å². The Hall–Kier alpha value is -2.77. The quantitative estimate of drug-likeness (QED) is 0.835. The van der Waals surface area contributed by atoms with E-state index in [4.69, 9.17) is 0 Å². The van der Waals surface area contributed by atoms with E-state index >= 15 is 0 Å². The highest BCUT2D eigenvalue weighted by molar-refractivity contribution is 5.79. The Kier molecular flexibility index (Phi) is 5.87. The zero-order valence-corrected chi connectivity index (χ0v) is 16.3. The van der Waals surface area contributed by atoms with E-state index in [1.807, 2.05) is 12.4 Å². The molecule has 0 bridgehead atoms. The van der Waals surface area contributed by atoms with Crippen molar-refractivity contribution in [3.05, 3.63) is 47.8 Å². The number of amides is 1. The van der Waals surface area contributed by atoms with Gasteiger partial charge >= 0.3 is 0 Å². The second-order valence-corrected chi connectivity index (χ2v) is 7.65. The van der Waals surface area contributed by atoms with Gasteiger partial charge in [-0.2, -0.15) is 0 Å². The summed E-state index contributed by atoms with van der Waals surface area (Å²) in [5.41, 5.74) is 1.26. The Bertz CT molecular complexity index is 847. The van der Waals surface area contributed by atoms with Crippen LogP contribution in [-0.2, 0) is 11.3 Å². The molecule has 2 fully saturated rings. The molecule has 0 atom stereocenters. The largest absolute Gasteiger partial charge is 0.369 e. The predicted octanol–water partition coefficient (Wildman–Crippen LogP) is 2.89. The van der Waals surface area contributed by atoms with Gasteiger partial charge in [0.05, 0.1) is 18.1 Å². The molecule has 6 nitrogen and oxygen atoms in total. The van der Waals surface area contributed by atoms with Crippen LogP contribution < -0.4 is 15.1 Å². The number of halogens is 2. The highest BCUT2D eigenvalue weighted by atomic mass is 19.1. The van der Waals surface area contributed by atoms with Gasteiger partial charge in [0.1, 0.15) is 11.6 Å². The molecule has 0 aliphatic carbocycles. The molecular formula is C21H25F2N5O. The molecule has 0 radical (unpaired) electrons. The second kappa shape index (κ2) is 8.71. The summed E-state index contributed by atoms with van der Waals surface area (Å²) >= 11 is 0. The van der Waals surface area contributed by atoms with E-state index in [1.54, 1.807) is 0 Å². The van der Waals surface area contributed by atoms with E-state index in [0.717, 1.165) is 43.9 Å². The molecule has 0 saturated carbocycles. The number of piperidine rings is 1.